The second-order valence-corrected chi connectivity index (χ2v) is 4.74. The predicted octanol–water partition coefficient (Wildman–Crippen LogP) is 1.59. The van der Waals surface area contributed by atoms with Crippen LogP contribution in [-0.2, 0) is 4.79 Å². The van der Waals surface area contributed by atoms with Crippen LogP contribution >= 0.6 is 0 Å². The van der Waals surface area contributed by atoms with E-state index in [1.807, 2.05) is 13.8 Å². The molecule has 0 heterocycles. The Kier molecular flexibility index (Phi) is 6.36. The summed E-state index contributed by atoms with van der Waals surface area (Å²) in [5.74, 6) is 0.821. The molecule has 110 valence electrons. The third-order valence-electron chi connectivity index (χ3n) is 2.44. The molecule has 1 aromatic rings. The molecule has 0 aliphatic heterocycles. The van der Waals surface area contributed by atoms with Crippen molar-refractivity contribution in [3.63, 3.8) is 0 Å². The van der Waals surface area contributed by atoms with E-state index in [-0.39, 0.29) is 12.5 Å². The average Bonchev–Trinajstić information content (AvgIpc) is 2.43. The van der Waals surface area contributed by atoms with Crippen molar-refractivity contribution in [3.05, 3.63) is 24.3 Å². The molecule has 0 atom stereocenters. The van der Waals surface area contributed by atoms with Crippen LogP contribution in [0, 0.1) is 5.92 Å². The van der Waals surface area contributed by atoms with E-state index in [1.54, 1.807) is 31.4 Å². The van der Waals surface area contributed by atoms with Gasteiger partial charge in [-0.05, 0) is 18.1 Å². The molecule has 3 amide bonds. The van der Waals surface area contributed by atoms with Crippen molar-refractivity contribution < 1.29 is 14.3 Å². The first-order valence-corrected chi connectivity index (χ1v) is 6.47. The minimum absolute atomic E-state index is 0.0531. The molecular formula is C14H21N3O3. The lowest BCUT2D eigenvalue weighted by Crippen LogP contribution is -2.39. The number of rotatable bonds is 6. The largest absolute Gasteiger partial charge is 0.497 e. The van der Waals surface area contributed by atoms with Gasteiger partial charge in [-0.15, -0.1) is 0 Å². The van der Waals surface area contributed by atoms with E-state index in [1.165, 1.54) is 0 Å². The Hall–Kier alpha value is -2.24. The highest BCUT2D eigenvalue weighted by atomic mass is 16.5. The smallest absolute Gasteiger partial charge is 0.319 e. The molecule has 1 aromatic carbocycles. The Morgan fingerprint density at radius 3 is 2.65 bits per heavy atom. The van der Waals surface area contributed by atoms with Gasteiger partial charge in [0.1, 0.15) is 5.75 Å². The van der Waals surface area contributed by atoms with Crippen LogP contribution in [0.3, 0.4) is 0 Å². The summed E-state index contributed by atoms with van der Waals surface area (Å²) in [5, 5.41) is 7.83. The summed E-state index contributed by atoms with van der Waals surface area (Å²) in [5.41, 5.74) is 0.601. The van der Waals surface area contributed by atoms with Crippen molar-refractivity contribution in [3.8, 4) is 5.75 Å². The van der Waals surface area contributed by atoms with Gasteiger partial charge in [0.25, 0.3) is 0 Å². The molecule has 0 aliphatic rings. The van der Waals surface area contributed by atoms with E-state index in [9.17, 15) is 9.59 Å². The summed E-state index contributed by atoms with van der Waals surface area (Å²) >= 11 is 0. The van der Waals surface area contributed by atoms with Crippen LogP contribution in [0.5, 0.6) is 5.75 Å². The number of urea groups is 1. The van der Waals surface area contributed by atoms with Gasteiger partial charge in [-0.2, -0.15) is 0 Å². The summed E-state index contributed by atoms with van der Waals surface area (Å²) in [6.07, 6.45) is 0. The van der Waals surface area contributed by atoms with Gasteiger partial charge < -0.3 is 20.7 Å². The topological polar surface area (TPSA) is 79.5 Å². The molecule has 0 unspecified atom stereocenters. The maximum absolute atomic E-state index is 11.6. The van der Waals surface area contributed by atoms with E-state index in [2.05, 4.69) is 16.0 Å². The van der Waals surface area contributed by atoms with E-state index in [4.69, 9.17) is 4.74 Å². The summed E-state index contributed by atoms with van der Waals surface area (Å²) in [7, 11) is 1.55. The Bertz CT molecular complexity index is 461. The molecular weight excluding hydrogens is 258 g/mol. The standard InChI is InChI=1S/C14H21N3O3/c1-10(2)8-15-13(18)9-16-14(19)17-11-5-4-6-12(7-11)20-3/h4-7,10H,8-9H2,1-3H3,(H,15,18)(H2,16,17,19). The first kappa shape index (κ1) is 15.8. The highest BCUT2D eigenvalue weighted by Gasteiger charge is 2.06. The molecule has 0 aliphatic carbocycles. The first-order chi connectivity index (χ1) is 9.51. The highest BCUT2D eigenvalue weighted by molar-refractivity contribution is 5.92. The first-order valence-electron chi connectivity index (χ1n) is 6.47. The molecule has 0 fully saturated rings. The van der Waals surface area contributed by atoms with Crippen LogP contribution < -0.4 is 20.7 Å². The maximum Gasteiger partial charge on any atom is 0.319 e. The van der Waals surface area contributed by atoms with Gasteiger partial charge in [-0.25, -0.2) is 4.79 Å². The molecule has 20 heavy (non-hydrogen) atoms. The minimum Gasteiger partial charge on any atom is -0.497 e. The molecule has 3 N–H and O–H groups in total. The van der Waals surface area contributed by atoms with Crippen LogP contribution in [0.25, 0.3) is 0 Å². The van der Waals surface area contributed by atoms with Gasteiger partial charge in [0, 0.05) is 18.3 Å². The lowest BCUT2D eigenvalue weighted by atomic mass is 10.2. The van der Waals surface area contributed by atoms with Gasteiger partial charge in [-0.1, -0.05) is 19.9 Å². The van der Waals surface area contributed by atoms with Crippen molar-refractivity contribution in [2.45, 2.75) is 13.8 Å². The quantitative estimate of drug-likeness (QED) is 0.740. The van der Waals surface area contributed by atoms with Crippen LogP contribution in [0.2, 0.25) is 0 Å². The SMILES string of the molecule is COc1cccc(NC(=O)NCC(=O)NCC(C)C)c1. The highest BCUT2D eigenvalue weighted by Crippen LogP contribution is 2.16. The summed E-state index contributed by atoms with van der Waals surface area (Å²) in [6, 6.07) is 6.55. The Balaban J connectivity index is 2.34. The van der Waals surface area contributed by atoms with E-state index >= 15 is 0 Å². The second kappa shape index (κ2) is 8.04. The summed E-state index contributed by atoms with van der Waals surface area (Å²) < 4.78 is 5.05. The number of ether oxygens (including phenoxy) is 1. The third kappa shape index (κ3) is 6.08. The van der Waals surface area contributed by atoms with Crippen molar-refractivity contribution in [2.75, 3.05) is 25.5 Å². The Labute approximate surface area is 118 Å². The number of carbonyl (C=O) groups is 2. The lowest BCUT2D eigenvalue weighted by molar-refractivity contribution is -0.120. The predicted molar refractivity (Wildman–Crippen MR) is 77.9 cm³/mol. The number of anilines is 1. The monoisotopic (exact) mass is 279 g/mol. The number of methoxy groups -OCH3 is 1. The van der Waals surface area contributed by atoms with Gasteiger partial charge in [0.2, 0.25) is 5.91 Å². The zero-order valence-corrected chi connectivity index (χ0v) is 12.0. The van der Waals surface area contributed by atoms with Crippen LogP contribution in [0.1, 0.15) is 13.8 Å². The molecule has 1 rings (SSSR count). The van der Waals surface area contributed by atoms with Gasteiger partial charge >= 0.3 is 6.03 Å². The minimum atomic E-state index is -0.432. The molecule has 0 bridgehead atoms. The molecule has 6 heteroatoms. The fourth-order valence-electron chi connectivity index (χ4n) is 1.42. The van der Waals surface area contributed by atoms with Crippen molar-refractivity contribution in [2.24, 2.45) is 5.92 Å². The Morgan fingerprint density at radius 2 is 2.00 bits per heavy atom. The Morgan fingerprint density at radius 1 is 1.25 bits per heavy atom. The maximum atomic E-state index is 11.6. The average molecular weight is 279 g/mol. The lowest BCUT2D eigenvalue weighted by Gasteiger charge is -2.10. The number of hydrogen-bond donors (Lipinski definition) is 3. The van der Waals surface area contributed by atoms with Gasteiger partial charge in [-0.3, -0.25) is 4.79 Å². The normalized spacial score (nSPS) is 10.0. The third-order valence-corrected chi connectivity index (χ3v) is 2.44. The second-order valence-electron chi connectivity index (χ2n) is 4.74. The van der Waals surface area contributed by atoms with Crippen molar-refractivity contribution in [1.82, 2.24) is 10.6 Å². The molecule has 6 nitrogen and oxygen atoms in total. The zero-order valence-electron chi connectivity index (χ0n) is 12.0. The summed E-state index contributed by atoms with van der Waals surface area (Å²) in [6.45, 7) is 4.55. The van der Waals surface area contributed by atoms with Gasteiger partial charge in [0.15, 0.2) is 0 Å². The molecule has 0 saturated heterocycles. The fraction of sp³-hybridized carbons (Fsp3) is 0.429. The van der Waals surface area contributed by atoms with Crippen LogP contribution in [-0.4, -0.2) is 32.1 Å². The van der Waals surface area contributed by atoms with Crippen molar-refractivity contribution >= 4 is 17.6 Å². The molecule has 0 saturated carbocycles. The van der Waals surface area contributed by atoms with Crippen molar-refractivity contribution in [1.29, 1.82) is 0 Å². The number of benzene rings is 1. The number of amides is 3. The molecule has 0 spiro atoms. The van der Waals surface area contributed by atoms with E-state index in [0.717, 1.165) is 0 Å². The van der Waals surface area contributed by atoms with Gasteiger partial charge in [0.05, 0.1) is 13.7 Å². The number of carbonyl (C=O) groups excluding carboxylic acids is 2. The van der Waals surface area contributed by atoms with Crippen LogP contribution in [0.4, 0.5) is 10.5 Å². The van der Waals surface area contributed by atoms with E-state index < -0.39 is 6.03 Å². The molecule has 0 radical (unpaired) electrons. The summed E-state index contributed by atoms with van der Waals surface area (Å²) in [4.78, 5) is 23.0. The fourth-order valence-corrected chi connectivity index (χ4v) is 1.42. The van der Waals surface area contributed by atoms with Crippen LogP contribution in [0.15, 0.2) is 24.3 Å². The zero-order chi connectivity index (χ0) is 15.0. The molecule has 0 aromatic heterocycles. The number of hydrogen-bond acceptors (Lipinski definition) is 3. The number of nitrogens with one attached hydrogen (secondary N) is 3. The van der Waals surface area contributed by atoms with E-state index in [0.29, 0.717) is 23.9 Å².